The van der Waals surface area contributed by atoms with Crippen LogP contribution in [0.1, 0.15) is 77.5 Å². The number of rotatable bonds is 12. The van der Waals surface area contributed by atoms with Crippen LogP contribution in [0.15, 0.2) is 85.3 Å². The Labute approximate surface area is 293 Å². The second-order valence-corrected chi connectivity index (χ2v) is 14.4. The van der Waals surface area contributed by atoms with Gasteiger partial charge in [0.1, 0.15) is 23.2 Å². The van der Waals surface area contributed by atoms with E-state index in [2.05, 4.69) is 20.9 Å². The molecular weight excluding hydrogens is 632 g/mol. The number of hydrogen-bond donors (Lipinski definition) is 3. The van der Waals surface area contributed by atoms with Gasteiger partial charge in [-0.3, -0.25) is 14.4 Å². The summed E-state index contributed by atoms with van der Waals surface area (Å²) in [7, 11) is 0. The highest BCUT2D eigenvalue weighted by Crippen LogP contribution is 2.28. The van der Waals surface area contributed by atoms with Crippen molar-refractivity contribution in [2.24, 2.45) is 0 Å². The zero-order valence-corrected chi connectivity index (χ0v) is 29.6. The third kappa shape index (κ3) is 9.49. The second kappa shape index (κ2) is 15.6. The van der Waals surface area contributed by atoms with Crippen LogP contribution in [-0.2, 0) is 25.5 Å². The Kier molecular flexibility index (Phi) is 11.2. The predicted octanol–water partition coefficient (Wildman–Crippen LogP) is 6.00. The molecule has 264 valence electrons. The van der Waals surface area contributed by atoms with Crippen LogP contribution in [0.3, 0.4) is 0 Å². The third-order valence-corrected chi connectivity index (χ3v) is 8.70. The van der Waals surface area contributed by atoms with Gasteiger partial charge in [0.2, 0.25) is 17.7 Å². The number of alkyl carbamates (subject to hydrolysis) is 1. The maximum absolute atomic E-state index is 13.9. The SMILES string of the molecule is CC(C)(C)OC(=O)NC(C)(C)C(=O)N[C@H](CCCc1ccccc1)C(=O)Nc1cn(C(C(=O)N2CCCC2)c2ccc3ccccc3c2)cn1. The number of aryl methyl sites for hydroxylation is 1. The highest BCUT2D eigenvalue weighted by molar-refractivity contribution is 5.98. The van der Waals surface area contributed by atoms with Crippen molar-refractivity contribution >= 4 is 40.4 Å². The van der Waals surface area contributed by atoms with Crippen molar-refractivity contribution in [3.8, 4) is 0 Å². The van der Waals surface area contributed by atoms with Crippen LogP contribution < -0.4 is 16.0 Å². The molecule has 4 aromatic rings. The lowest BCUT2D eigenvalue weighted by atomic mass is 10.0. The number of imidazole rings is 1. The fourth-order valence-electron chi connectivity index (χ4n) is 6.06. The van der Waals surface area contributed by atoms with E-state index in [4.69, 9.17) is 4.74 Å². The molecule has 0 aliphatic carbocycles. The van der Waals surface area contributed by atoms with Crippen molar-refractivity contribution in [1.29, 1.82) is 0 Å². The number of likely N-dealkylation sites (tertiary alicyclic amines) is 1. The van der Waals surface area contributed by atoms with Gasteiger partial charge in [-0.15, -0.1) is 0 Å². The maximum Gasteiger partial charge on any atom is 0.408 e. The van der Waals surface area contributed by atoms with Crippen LogP contribution in [0, 0.1) is 0 Å². The van der Waals surface area contributed by atoms with Crippen LogP contribution in [0.25, 0.3) is 10.8 Å². The van der Waals surface area contributed by atoms with Crippen LogP contribution in [0.4, 0.5) is 10.6 Å². The number of fused-ring (bicyclic) bond motifs is 1. The molecular formula is C39H48N6O5. The van der Waals surface area contributed by atoms with Gasteiger partial charge in [0.05, 0.1) is 6.33 Å². The summed E-state index contributed by atoms with van der Waals surface area (Å²) < 4.78 is 7.08. The molecule has 0 spiro atoms. The van der Waals surface area contributed by atoms with Gasteiger partial charge >= 0.3 is 6.09 Å². The molecule has 11 nitrogen and oxygen atoms in total. The average Bonchev–Trinajstić information content (AvgIpc) is 3.77. The number of hydrogen-bond acceptors (Lipinski definition) is 6. The highest BCUT2D eigenvalue weighted by atomic mass is 16.6. The maximum atomic E-state index is 13.9. The first-order chi connectivity index (χ1) is 23.8. The minimum absolute atomic E-state index is 0.0289. The molecule has 2 atom stereocenters. The Morgan fingerprint density at radius 2 is 1.56 bits per heavy atom. The molecule has 0 bridgehead atoms. The van der Waals surface area contributed by atoms with Gasteiger partial charge in [-0.1, -0.05) is 66.7 Å². The Bertz CT molecular complexity index is 1810. The van der Waals surface area contributed by atoms with Crippen molar-refractivity contribution in [1.82, 2.24) is 25.1 Å². The number of nitrogens with zero attached hydrogens (tertiary/aromatic N) is 3. The molecule has 0 saturated carbocycles. The largest absolute Gasteiger partial charge is 0.444 e. The zero-order chi connectivity index (χ0) is 35.9. The molecule has 3 N–H and O–H groups in total. The summed E-state index contributed by atoms with van der Waals surface area (Å²) in [5.41, 5.74) is -0.176. The first-order valence-electron chi connectivity index (χ1n) is 17.3. The lowest BCUT2D eigenvalue weighted by molar-refractivity contribution is -0.132. The lowest BCUT2D eigenvalue weighted by Gasteiger charge is -2.29. The molecule has 50 heavy (non-hydrogen) atoms. The Morgan fingerprint density at radius 3 is 2.26 bits per heavy atom. The number of aromatic nitrogens is 2. The minimum atomic E-state index is -1.37. The topological polar surface area (TPSA) is 135 Å². The van der Waals surface area contributed by atoms with E-state index in [1.807, 2.05) is 77.7 Å². The van der Waals surface area contributed by atoms with Gasteiger partial charge in [-0.25, -0.2) is 9.78 Å². The van der Waals surface area contributed by atoms with Crippen molar-refractivity contribution in [3.63, 3.8) is 0 Å². The van der Waals surface area contributed by atoms with Crippen LogP contribution >= 0.6 is 0 Å². The van der Waals surface area contributed by atoms with Crippen LogP contribution in [0.2, 0.25) is 0 Å². The van der Waals surface area contributed by atoms with E-state index < -0.39 is 41.1 Å². The van der Waals surface area contributed by atoms with E-state index in [9.17, 15) is 19.2 Å². The number of anilines is 1. The van der Waals surface area contributed by atoms with Crippen molar-refractivity contribution in [2.75, 3.05) is 18.4 Å². The number of nitrogens with one attached hydrogen (secondary N) is 3. The monoisotopic (exact) mass is 680 g/mol. The quantitative estimate of drug-likeness (QED) is 0.168. The zero-order valence-electron chi connectivity index (χ0n) is 29.6. The van der Waals surface area contributed by atoms with Crippen LogP contribution in [-0.4, -0.2) is 68.5 Å². The summed E-state index contributed by atoms with van der Waals surface area (Å²) in [6.07, 6.45) is 6.06. The molecule has 1 aliphatic heterocycles. The number of carbonyl (C=O) groups excluding carboxylic acids is 4. The van der Waals surface area contributed by atoms with Gasteiger partial charge in [0, 0.05) is 19.3 Å². The summed E-state index contributed by atoms with van der Waals surface area (Å²) in [4.78, 5) is 60.1. The predicted molar refractivity (Wildman–Crippen MR) is 194 cm³/mol. The summed E-state index contributed by atoms with van der Waals surface area (Å²) >= 11 is 0. The van der Waals surface area contributed by atoms with Crippen LogP contribution in [0.5, 0.6) is 0 Å². The van der Waals surface area contributed by atoms with E-state index in [1.54, 1.807) is 51.7 Å². The van der Waals surface area contributed by atoms with Gasteiger partial charge in [0.25, 0.3) is 0 Å². The number of ether oxygens (including phenoxy) is 1. The summed E-state index contributed by atoms with van der Waals surface area (Å²) in [6.45, 7) is 9.71. The number of benzene rings is 3. The fraction of sp³-hybridized carbons (Fsp3) is 0.410. The average molecular weight is 681 g/mol. The fourth-order valence-corrected chi connectivity index (χ4v) is 6.06. The lowest BCUT2D eigenvalue weighted by Crippen LogP contribution is -2.58. The standard InChI is InChI=1S/C39H48N6O5/c1-38(2,3)50-37(49)43-39(4,5)36(48)41-31(19-13-16-27-14-7-6-8-15-27)34(46)42-32-25-45(26-40-32)33(35(47)44-22-11-12-23-44)30-21-20-28-17-9-10-18-29(28)24-30/h6-10,14-15,17-18,20-21,24-26,31,33H,11-13,16,19,22-23H2,1-5H3,(H,41,48)(H,42,46)(H,43,49)/t31-,33?/m1/s1. The van der Waals surface area contributed by atoms with Gasteiger partial charge < -0.3 is 30.2 Å². The smallest absolute Gasteiger partial charge is 0.408 e. The Morgan fingerprint density at radius 1 is 0.880 bits per heavy atom. The molecule has 1 aliphatic rings. The van der Waals surface area contributed by atoms with E-state index in [-0.39, 0.29) is 11.7 Å². The van der Waals surface area contributed by atoms with Gasteiger partial charge in [-0.2, -0.15) is 0 Å². The highest BCUT2D eigenvalue weighted by Gasteiger charge is 2.35. The normalized spacial score (nSPS) is 14.5. The van der Waals surface area contributed by atoms with Crippen molar-refractivity contribution in [3.05, 3.63) is 96.4 Å². The molecule has 1 fully saturated rings. The molecule has 1 unspecified atom stereocenters. The minimum Gasteiger partial charge on any atom is -0.444 e. The first-order valence-corrected chi connectivity index (χ1v) is 17.3. The number of amides is 4. The Balaban J connectivity index is 1.35. The van der Waals surface area contributed by atoms with Crippen molar-refractivity contribution < 1.29 is 23.9 Å². The van der Waals surface area contributed by atoms with Crippen molar-refractivity contribution in [2.45, 2.75) is 89.9 Å². The van der Waals surface area contributed by atoms with Gasteiger partial charge in [-0.05, 0) is 94.7 Å². The molecule has 0 radical (unpaired) electrons. The first kappa shape index (κ1) is 36.1. The Hall–Kier alpha value is -5.19. The summed E-state index contributed by atoms with van der Waals surface area (Å²) in [5, 5.41) is 10.4. The molecule has 1 saturated heterocycles. The number of carbonyl (C=O) groups is 4. The molecule has 3 aromatic carbocycles. The van der Waals surface area contributed by atoms with E-state index in [0.29, 0.717) is 32.4 Å². The second-order valence-electron chi connectivity index (χ2n) is 14.4. The van der Waals surface area contributed by atoms with E-state index in [0.717, 1.165) is 34.7 Å². The third-order valence-electron chi connectivity index (χ3n) is 8.70. The van der Waals surface area contributed by atoms with Gasteiger partial charge in [0.15, 0.2) is 5.82 Å². The van der Waals surface area contributed by atoms with E-state index in [1.165, 1.54) is 0 Å². The molecule has 4 amide bonds. The molecule has 2 heterocycles. The molecule has 5 rings (SSSR count). The molecule has 1 aromatic heterocycles. The summed E-state index contributed by atoms with van der Waals surface area (Å²) in [5.74, 6) is -0.776. The summed E-state index contributed by atoms with van der Waals surface area (Å²) in [6, 6.07) is 22.3. The van der Waals surface area contributed by atoms with E-state index >= 15 is 0 Å². The molecule has 11 heteroatoms.